The predicted molar refractivity (Wildman–Crippen MR) is 381 cm³/mol. The summed E-state index contributed by atoms with van der Waals surface area (Å²) in [5, 5.41) is 10.6. The number of carbonyl (C=O) groups is 4. The maximum atomic E-state index is 13.1. The molecule has 0 aromatic carbocycles. The van der Waals surface area contributed by atoms with E-state index in [0.29, 0.717) is 31.6 Å². The average Bonchev–Trinajstić information content (AvgIpc) is 1.38. The Bertz CT molecular complexity index is 1850. The average molecular weight is 1380 g/mol. The summed E-state index contributed by atoms with van der Waals surface area (Å²) in [6.07, 6.45) is 48.7. The van der Waals surface area contributed by atoms with Gasteiger partial charge in [-0.25, -0.2) is 9.13 Å². The number of rotatable bonds is 72. The fourth-order valence-corrected chi connectivity index (χ4v) is 13.0. The first kappa shape index (κ1) is 92.1. The van der Waals surface area contributed by atoms with Gasteiger partial charge in [0, 0.05) is 25.7 Å². The second kappa shape index (κ2) is 64.4. The van der Waals surface area contributed by atoms with E-state index in [-0.39, 0.29) is 25.7 Å². The SMILES string of the molecule is CC(C)CCCCCCCCCCCCCCCCCC(=O)OC[C@H](COP(=O)(O)OC[C@@H](O)COP(=O)(O)OC[C@@H](COC(=O)CCCCCCCCC(C)C)OC(=O)CCCCCCCCCCCCC(C)C)OC(=O)CCCCCCCCCCCCCC(C)C. The molecule has 0 aromatic heterocycles. The van der Waals surface area contributed by atoms with Crippen molar-refractivity contribution < 1.29 is 80.2 Å². The molecule has 2 unspecified atom stereocenters. The molecule has 5 atom stereocenters. The predicted octanol–water partition coefficient (Wildman–Crippen LogP) is 21.7. The van der Waals surface area contributed by atoms with Crippen LogP contribution in [-0.4, -0.2) is 96.7 Å². The van der Waals surface area contributed by atoms with Gasteiger partial charge in [-0.2, -0.15) is 0 Å². The van der Waals surface area contributed by atoms with E-state index >= 15 is 0 Å². The van der Waals surface area contributed by atoms with Crippen molar-refractivity contribution in [2.24, 2.45) is 23.7 Å². The standard InChI is InChI=1S/C75H146O17P2/c1-65(2)51-43-35-27-21-15-12-10-9-11-13-17-24-30-39-47-55-72(77)85-61-70(91-74(79)57-49-41-31-25-18-14-16-22-28-36-44-52-66(3)4)63-89-93(81,82)87-59-69(76)60-88-94(83,84)90-64-71(62-86-73(78)56-48-40-34-33-38-46-54-68(7)8)92-75(80)58-50-42-32-26-20-19-23-29-37-45-53-67(5)6/h65-71,76H,9-64H2,1-8H3,(H,81,82)(H,83,84)/t69-,70-,71-/m1/s1. The zero-order valence-corrected chi connectivity index (χ0v) is 63.4. The van der Waals surface area contributed by atoms with Gasteiger partial charge in [0.15, 0.2) is 12.2 Å². The summed E-state index contributed by atoms with van der Waals surface area (Å²) in [5.74, 6) is 0.879. The van der Waals surface area contributed by atoms with Gasteiger partial charge in [-0.05, 0) is 49.4 Å². The minimum Gasteiger partial charge on any atom is -0.462 e. The number of hydrogen-bond donors (Lipinski definition) is 3. The minimum atomic E-state index is -4.96. The Morgan fingerprint density at radius 3 is 0.660 bits per heavy atom. The van der Waals surface area contributed by atoms with Crippen LogP contribution in [0.1, 0.15) is 376 Å². The maximum absolute atomic E-state index is 13.1. The first-order valence-electron chi connectivity index (χ1n) is 38.7. The molecule has 3 N–H and O–H groups in total. The molecule has 0 rings (SSSR count). The van der Waals surface area contributed by atoms with Gasteiger partial charge in [0.2, 0.25) is 0 Å². The number of aliphatic hydroxyl groups is 1. The second-order valence-electron chi connectivity index (χ2n) is 28.9. The Labute approximate surface area is 575 Å². The van der Waals surface area contributed by atoms with Crippen LogP contribution in [0.15, 0.2) is 0 Å². The topological polar surface area (TPSA) is 237 Å². The van der Waals surface area contributed by atoms with Crippen molar-refractivity contribution in [2.75, 3.05) is 39.6 Å². The van der Waals surface area contributed by atoms with Crippen molar-refractivity contribution in [3.8, 4) is 0 Å². The van der Waals surface area contributed by atoms with Crippen LogP contribution in [0.25, 0.3) is 0 Å². The van der Waals surface area contributed by atoms with Gasteiger partial charge in [0.05, 0.1) is 26.4 Å². The Balaban J connectivity index is 5.23. The molecule has 94 heavy (non-hydrogen) atoms. The quantitative estimate of drug-likeness (QED) is 0.0222. The Hall–Kier alpha value is -1.94. The van der Waals surface area contributed by atoms with Gasteiger partial charge in [-0.15, -0.1) is 0 Å². The maximum Gasteiger partial charge on any atom is 0.472 e. The van der Waals surface area contributed by atoms with Crippen LogP contribution in [0.4, 0.5) is 0 Å². The number of unbranched alkanes of at least 4 members (excludes halogenated alkanes) is 38. The fraction of sp³-hybridized carbons (Fsp3) is 0.947. The summed E-state index contributed by atoms with van der Waals surface area (Å²) >= 11 is 0. The summed E-state index contributed by atoms with van der Waals surface area (Å²) < 4.78 is 68.4. The van der Waals surface area contributed by atoms with Crippen molar-refractivity contribution in [1.82, 2.24) is 0 Å². The Morgan fingerprint density at radius 1 is 0.266 bits per heavy atom. The molecule has 558 valence electrons. The molecule has 0 fully saturated rings. The molecule has 0 saturated heterocycles. The molecule has 0 aliphatic rings. The van der Waals surface area contributed by atoms with Crippen LogP contribution in [0.5, 0.6) is 0 Å². The Kier molecular flexibility index (Phi) is 63.1. The van der Waals surface area contributed by atoms with Crippen LogP contribution in [0, 0.1) is 23.7 Å². The molecule has 0 aromatic rings. The molecule has 17 nitrogen and oxygen atoms in total. The molecular formula is C75H146O17P2. The largest absolute Gasteiger partial charge is 0.472 e. The van der Waals surface area contributed by atoms with Crippen molar-refractivity contribution in [2.45, 2.75) is 395 Å². The summed E-state index contributed by atoms with van der Waals surface area (Å²) in [6, 6.07) is 0. The molecule has 0 aliphatic heterocycles. The third-order valence-electron chi connectivity index (χ3n) is 17.3. The van der Waals surface area contributed by atoms with Gasteiger partial charge in [-0.1, -0.05) is 325 Å². The van der Waals surface area contributed by atoms with E-state index in [1.807, 2.05) is 0 Å². The monoisotopic (exact) mass is 1380 g/mol. The lowest BCUT2D eigenvalue weighted by Gasteiger charge is -2.21. The van der Waals surface area contributed by atoms with E-state index < -0.39 is 97.5 Å². The van der Waals surface area contributed by atoms with Gasteiger partial charge >= 0.3 is 39.5 Å². The molecule has 0 heterocycles. The third kappa shape index (κ3) is 68.6. The summed E-state index contributed by atoms with van der Waals surface area (Å²) in [6.45, 7) is 14.1. The summed E-state index contributed by atoms with van der Waals surface area (Å²) in [5.41, 5.74) is 0. The molecule has 0 spiro atoms. The number of ether oxygens (including phenoxy) is 4. The van der Waals surface area contributed by atoms with Crippen molar-refractivity contribution in [3.63, 3.8) is 0 Å². The number of carbonyl (C=O) groups excluding carboxylic acids is 4. The lowest BCUT2D eigenvalue weighted by Crippen LogP contribution is -2.30. The van der Waals surface area contributed by atoms with Crippen molar-refractivity contribution in [3.05, 3.63) is 0 Å². The Morgan fingerprint density at radius 2 is 0.447 bits per heavy atom. The summed E-state index contributed by atoms with van der Waals surface area (Å²) in [4.78, 5) is 72.7. The third-order valence-corrected chi connectivity index (χ3v) is 19.2. The van der Waals surface area contributed by atoms with Gasteiger partial charge in [-0.3, -0.25) is 37.3 Å². The highest BCUT2D eigenvalue weighted by atomic mass is 31.2. The number of esters is 4. The van der Waals surface area contributed by atoms with Crippen LogP contribution < -0.4 is 0 Å². The highest BCUT2D eigenvalue weighted by molar-refractivity contribution is 7.47. The molecule has 0 saturated carbocycles. The lowest BCUT2D eigenvalue weighted by atomic mass is 10.0. The summed E-state index contributed by atoms with van der Waals surface area (Å²) in [7, 11) is -9.91. The first-order valence-corrected chi connectivity index (χ1v) is 41.7. The minimum absolute atomic E-state index is 0.104. The van der Waals surface area contributed by atoms with Crippen LogP contribution >= 0.6 is 15.6 Å². The van der Waals surface area contributed by atoms with E-state index in [0.717, 1.165) is 114 Å². The van der Waals surface area contributed by atoms with Gasteiger partial charge in [0.1, 0.15) is 19.3 Å². The second-order valence-corrected chi connectivity index (χ2v) is 31.9. The van der Waals surface area contributed by atoms with E-state index in [1.54, 1.807) is 0 Å². The van der Waals surface area contributed by atoms with E-state index in [1.165, 1.54) is 173 Å². The van der Waals surface area contributed by atoms with Crippen LogP contribution in [0.2, 0.25) is 0 Å². The molecule has 0 amide bonds. The highest BCUT2D eigenvalue weighted by Gasteiger charge is 2.30. The zero-order valence-electron chi connectivity index (χ0n) is 61.6. The molecule has 0 radical (unpaired) electrons. The number of aliphatic hydroxyl groups excluding tert-OH is 1. The first-order chi connectivity index (χ1) is 45.1. The smallest absolute Gasteiger partial charge is 0.462 e. The molecular weight excluding hydrogens is 1230 g/mol. The molecule has 0 aliphatic carbocycles. The zero-order chi connectivity index (χ0) is 69.6. The normalized spacial score (nSPS) is 14.2. The van der Waals surface area contributed by atoms with Crippen LogP contribution in [-0.2, 0) is 65.4 Å². The number of phosphoric acid groups is 2. The van der Waals surface area contributed by atoms with Crippen LogP contribution in [0.3, 0.4) is 0 Å². The molecule has 0 bridgehead atoms. The van der Waals surface area contributed by atoms with E-state index in [4.69, 9.17) is 37.0 Å². The molecule has 19 heteroatoms. The highest BCUT2D eigenvalue weighted by Crippen LogP contribution is 2.45. The van der Waals surface area contributed by atoms with E-state index in [2.05, 4.69) is 55.4 Å². The number of phosphoric ester groups is 2. The van der Waals surface area contributed by atoms with Gasteiger partial charge < -0.3 is 33.8 Å². The van der Waals surface area contributed by atoms with Crippen molar-refractivity contribution >= 4 is 39.5 Å². The van der Waals surface area contributed by atoms with Crippen molar-refractivity contribution in [1.29, 1.82) is 0 Å². The lowest BCUT2D eigenvalue weighted by molar-refractivity contribution is -0.161. The fourth-order valence-electron chi connectivity index (χ4n) is 11.4. The number of hydrogen-bond acceptors (Lipinski definition) is 15. The van der Waals surface area contributed by atoms with Gasteiger partial charge in [0.25, 0.3) is 0 Å². The van der Waals surface area contributed by atoms with E-state index in [9.17, 15) is 43.2 Å².